The average Bonchev–Trinajstić information content (AvgIpc) is 2.85. The van der Waals surface area contributed by atoms with Crippen LogP contribution >= 0.6 is 11.8 Å². The van der Waals surface area contributed by atoms with Crippen LogP contribution in [0.3, 0.4) is 0 Å². The molecule has 2 aromatic rings. The number of rotatable bonds is 5. The number of hydrogen-bond acceptors (Lipinski definition) is 4. The number of fused-ring (bicyclic) bond motifs is 1. The number of hydrogen-bond donors (Lipinski definition) is 0. The molecule has 1 amide bonds. The molecule has 1 aliphatic heterocycles. The van der Waals surface area contributed by atoms with E-state index in [0.29, 0.717) is 12.0 Å². The molecular formula is C23H22N2O3S. The molecule has 1 fully saturated rings. The fourth-order valence-corrected chi connectivity index (χ4v) is 5.20. The van der Waals surface area contributed by atoms with Crippen LogP contribution in [0.2, 0.25) is 0 Å². The molecule has 2 aliphatic rings. The van der Waals surface area contributed by atoms with Crippen LogP contribution in [0.5, 0.6) is 0 Å². The van der Waals surface area contributed by atoms with Crippen molar-refractivity contribution < 1.29 is 9.72 Å². The molecule has 1 heterocycles. The Morgan fingerprint density at radius 3 is 2.55 bits per heavy atom. The highest BCUT2D eigenvalue weighted by atomic mass is 32.2. The van der Waals surface area contributed by atoms with Gasteiger partial charge in [0.25, 0.3) is 5.69 Å². The van der Waals surface area contributed by atoms with Crippen molar-refractivity contribution in [1.82, 2.24) is 4.90 Å². The second-order valence-electron chi connectivity index (χ2n) is 7.23. The Hall–Kier alpha value is -2.86. The SMILES string of the molecule is O=C1CC(Cc2ccccc2)SC2=CCCC=C2N1Cc1ccccc1[N+](=O)[O-]. The molecule has 1 saturated heterocycles. The second-order valence-corrected chi connectivity index (χ2v) is 8.58. The molecule has 4 rings (SSSR count). The lowest BCUT2D eigenvalue weighted by molar-refractivity contribution is -0.385. The molecule has 0 N–H and O–H groups in total. The first-order valence-corrected chi connectivity index (χ1v) is 10.6. The van der Waals surface area contributed by atoms with Gasteiger partial charge in [-0.3, -0.25) is 14.9 Å². The molecule has 1 atom stereocenters. The normalized spacial score (nSPS) is 19.1. The quantitative estimate of drug-likeness (QED) is 0.504. The van der Waals surface area contributed by atoms with Gasteiger partial charge in [-0.15, -0.1) is 11.8 Å². The number of nitro groups is 1. The van der Waals surface area contributed by atoms with Crippen LogP contribution in [-0.4, -0.2) is 21.0 Å². The number of nitro benzene ring substituents is 1. The first kappa shape index (κ1) is 19.5. The fourth-order valence-electron chi connectivity index (χ4n) is 3.81. The highest BCUT2D eigenvalue weighted by Crippen LogP contribution is 2.41. The standard InChI is InChI=1S/C23H22N2O3S/c26-23-15-19(14-17-8-2-1-3-9-17)29-22-13-7-6-12-21(22)24(23)16-18-10-4-5-11-20(18)25(27)28/h1-5,8-13,19H,6-7,14-16H2. The maximum absolute atomic E-state index is 13.2. The monoisotopic (exact) mass is 406 g/mol. The maximum atomic E-state index is 13.2. The Balaban J connectivity index is 1.63. The van der Waals surface area contributed by atoms with Crippen molar-refractivity contribution in [3.05, 3.63) is 98.6 Å². The molecule has 29 heavy (non-hydrogen) atoms. The van der Waals surface area contributed by atoms with E-state index in [0.717, 1.165) is 29.9 Å². The lowest BCUT2D eigenvalue weighted by Gasteiger charge is -2.26. The summed E-state index contributed by atoms with van der Waals surface area (Å²) in [5.74, 6) is 0.0214. The van der Waals surface area contributed by atoms with E-state index < -0.39 is 0 Å². The minimum atomic E-state index is -0.378. The van der Waals surface area contributed by atoms with E-state index in [4.69, 9.17) is 0 Å². The maximum Gasteiger partial charge on any atom is 0.274 e. The Labute approximate surface area is 174 Å². The summed E-state index contributed by atoms with van der Waals surface area (Å²) < 4.78 is 0. The summed E-state index contributed by atoms with van der Waals surface area (Å²) >= 11 is 1.76. The third kappa shape index (κ3) is 4.43. The molecule has 0 spiro atoms. The van der Waals surface area contributed by atoms with Crippen molar-refractivity contribution in [2.75, 3.05) is 0 Å². The van der Waals surface area contributed by atoms with E-state index in [9.17, 15) is 14.9 Å². The van der Waals surface area contributed by atoms with Crippen LogP contribution < -0.4 is 0 Å². The van der Waals surface area contributed by atoms with E-state index in [1.54, 1.807) is 34.9 Å². The molecule has 1 unspecified atom stereocenters. The third-order valence-corrected chi connectivity index (χ3v) is 6.49. The summed E-state index contributed by atoms with van der Waals surface area (Å²) in [6, 6.07) is 16.9. The minimum absolute atomic E-state index is 0.0214. The van der Waals surface area contributed by atoms with Crippen molar-refractivity contribution in [3.63, 3.8) is 0 Å². The summed E-state index contributed by atoms with van der Waals surface area (Å²) in [6.07, 6.45) is 7.36. The Morgan fingerprint density at radius 1 is 1.03 bits per heavy atom. The molecule has 5 nitrogen and oxygen atoms in total. The van der Waals surface area contributed by atoms with E-state index in [1.807, 2.05) is 18.2 Å². The predicted octanol–water partition coefficient (Wildman–Crippen LogP) is 5.23. The van der Waals surface area contributed by atoms with Crippen molar-refractivity contribution >= 4 is 23.4 Å². The van der Waals surface area contributed by atoms with Gasteiger partial charge in [-0.25, -0.2) is 0 Å². The summed E-state index contributed by atoms with van der Waals surface area (Å²) in [4.78, 5) is 27.1. The number of benzene rings is 2. The Kier molecular flexibility index (Phi) is 5.81. The number of carbonyl (C=O) groups excluding carboxylic acids is 1. The van der Waals surface area contributed by atoms with Gasteiger partial charge < -0.3 is 4.90 Å². The molecule has 0 bridgehead atoms. The summed E-state index contributed by atoms with van der Waals surface area (Å²) in [5, 5.41) is 11.6. The number of para-hydroxylation sites is 1. The van der Waals surface area contributed by atoms with Gasteiger partial charge in [0.1, 0.15) is 0 Å². The summed E-state index contributed by atoms with van der Waals surface area (Å²) in [6.45, 7) is 0.220. The van der Waals surface area contributed by atoms with Gasteiger partial charge in [0.15, 0.2) is 0 Å². The zero-order chi connectivity index (χ0) is 20.2. The van der Waals surface area contributed by atoms with Crippen LogP contribution in [0.4, 0.5) is 5.69 Å². The van der Waals surface area contributed by atoms with Crippen molar-refractivity contribution in [3.8, 4) is 0 Å². The molecule has 0 aromatic heterocycles. The number of carbonyl (C=O) groups is 1. The third-order valence-electron chi connectivity index (χ3n) is 5.20. The largest absolute Gasteiger partial charge is 0.307 e. The summed E-state index contributed by atoms with van der Waals surface area (Å²) in [5.41, 5.74) is 2.73. The molecule has 6 heteroatoms. The highest BCUT2D eigenvalue weighted by Gasteiger charge is 2.32. The van der Waals surface area contributed by atoms with E-state index in [1.165, 1.54) is 11.6 Å². The lowest BCUT2D eigenvalue weighted by atomic mass is 10.1. The molecule has 0 saturated carbocycles. The van der Waals surface area contributed by atoms with Crippen LogP contribution in [0, 0.1) is 10.1 Å². The molecular weight excluding hydrogens is 384 g/mol. The molecule has 1 aliphatic carbocycles. The molecule has 148 valence electrons. The predicted molar refractivity (Wildman–Crippen MR) is 115 cm³/mol. The molecule has 0 radical (unpaired) electrons. The first-order chi connectivity index (χ1) is 14.1. The van der Waals surface area contributed by atoms with E-state index in [-0.39, 0.29) is 28.3 Å². The van der Waals surface area contributed by atoms with Crippen molar-refractivity contribution in [2.45, 2.75) is 37.5 Å². The molecule has 2 aromatic carbocycles. The van der Waals surface area contributed by atoms with E-state index >= 15 is 0 Å². The zero-order valence-electron chi connectivity index (χ0n) is 16.0. The Morgan fingerprint density at radius 2 is 1.76 bits per heavy atom. The van der Waals surface area contributed by atoms with Gasteiger partial charge in [0, 0.05) is 28.2 Å². The fraction of sp³-hybridized carbons (Fsp3) is 0.261. The van der Waals surface area contributed by atoms with Gasteiger partial charge in [0.05, 0.1) is 17.2 Å². The van der Waals surface area contributed by atoms with Crippen molar-refractivity contribution in [2.24, 2.45) is 0 Å². The van der Waals surface area contributed by atoms with Gasteiger partial charge in [0.2, 0.25) is 5.91 Å². The average molecular weight is 407 g/mol. The number of allylic oxidation sites excluding steroid dienone is 2. The zero-order valence-corrected chi connectivity index (χ0v) is 16.8. The van der Waals surface area contributed by atoms with Gasteiger partial charge in [-0.1, -0.05) is 60.7 Å². The lowest BCUT2D eigenvalue weighted by Crippen LogP contribution is -2.30. The second kappa shape index (κ2) is 8.66. The van der Waals surface area contributed by atoms with Crippen LogP contribution in [0.15, 0.2) is 77.4 Å². The van der Waals surface area contributed by atoms with Crippen molar-refractivity contribution in [1.29, 1.82) is 0 Å². The van der Waals surface area contributed by atoms with Gasteiger partial charge in [-0.05, 0) is 24.8 Å². The first-order valence-electron chi connectivity index (χ1n) is 9.76. The van der Waals surface area contributed by atoms with E-state index in [2.05, 4.69) is 24.3 Å². The topological polar surface area (TPSA) is 63.5 Å². The van der Waals surface area contributed by atoms with Crippen LogP contribution in [0.1, 0.15) is 30.4 Å². The highest BCUT2D eigenvalue weighted by molar-refractivity contribution is 8.04. The number of nitrogens with zero attached hydrogens (tertiary/aromatic N) is 2. The summed E-state index contributed by atoms with van der Waals surface area (Å²) in [7, 11) is 0. The van der Waals surface area contributed by atoms with Crippen LogP contribution in [-0.2, 0) is 17.8 Å². The smallest absolute Gasteiger partial charge is 0.274 e. The number of thioether (sulfide) groups is 1. The minimum Gasteiger partial charge on any atom is -0.307 e. The number of amides is 1. The van der Waals surface area contributed by atoms with Gasteiger partial charge in [-0.2, -0.15) is 0 Å². The Bertz CT molecular complexity index is 985. The van der Waals surface area contributed by atoms with Gasteiger partial charge >= 0.3 is 0 Å². The van der Waals surface area contributed by atoms with Crippen LogP contribution in [0.25, 0.3) is 0 Å².